The van der Waals surface area contributed by atoms with Gasteiger partial charge >= 0.3 is 0 Å². The Labute approximate surface area is 123 Å². The molecule has 3 rings (SSSR count). The smallest absolute Gasteiger partial charge is 0.0985 e. The molecule has 0 saturated heterocycles. The molecular formula is C17H18N2S. The Morgan fingerprint density at radius 2 is 1.85 bits per heavy atom. The molecule has 2 nitrogen and oxygen atoms in total. The maximum Gasteiger partial charge on any atom is 0.0985 e. The summed E-state index contributed by atoms with van der Waals surface area (Å²) in [6.07, 6.45) is 0.961. The largest absolute Gasteiger partial charge is 0.330 e. The van der Waals surface area contributed by atoms with Gasteiger partial charge in [0.25, 0.3) is 0 Å². The van der Waals surface area contributed by atoms with Crippen molar-refractivity contribution < 1.29 is 0 Å². The van der Waals surface area contributed by atoms with Gasteiger partial charge in [0.15, 0.2) is 0 Å². The molecule has 102 valence electrons. The van der Waals surface area contributed by atoms with E-state index in [1.54, 1.807) is 11.3 Å². The van der Waals surface area contributed by atoms with Crippen LogP contribution in [0, 0.1) is 6.92 Å². The molecule has 1 unspecified atom stereocenters. The van der Waals surface area contributed by atoms with Gasteiger partial charge in [0.05, 0.1) is 15.2 Å². The highest BCUT2D eigenvalue weighted by Crippen LogP contribution is 2.29. The zero-order chi connectivity index (χ0) is 13.9. The van der Waals surface area contributed by atoms with Gasteiger partial charge in [-0.15, -0.1) is 11.3 Å². The maximum absolute atomic E-state index is 5.99. The number of aromatic nitrogens is 1. The van der Waals surface area contributed by atoms with E-state index in [4.69, 9.17) is 10.7 Å². The minimum atomic E-state index is 0.300. The molecule has 0 radical (unpaired) electrons. The van der Waals surface area contributed by atoms with Crippen molar-refractivity contribution in [1.29, 1.82) is 0 Å². The maximum atomic E-state index is 5.99. The van der Waals surface area contributed by atoms with Crippen LogP contribution >= 0.6 is 11.3 Å². The molecule has 0 aliphatic rings. The van der Waals surface area contributed by atoms with E-state index in [0.717, 1.165) is 16.9 Å². The number of aryl methyl sites for hydroxylation is 1. The van der Waals surface area contributed by atoms with E-state index in [1.165, 1.54) is 15.8 Å². The summed E-state index contributed by atoms with van der Waals surface area (Å²) in [4.78, 5) is 4.75. The van der Waals surface area contributed by atoms with Gasteiger partial charge in [0, 0.05) is 12.5 Å². The number of thiazole rings is 1. The lowest BCUT2D eigenvalue weighted by molar-refractivity contribution is 0.688. The number of fused-ring (bicyclic) bond motifs is 1. The predicted octanol–water partition coefficient (Wildman–Crippen LogP) is 3.89. The number of benzene rings is 2. The van der Waals surface area contributed by atoms with Crippen LogP contribution in [-0.2, 0) is 6.42 Å². The quantitative estimate of drug-likeness (QED) is 0.788. The minimum absolute atomic E-state index is 0.300. The van der Waals surface area contributed by atoms with Crippen molar-refractivity contribution in [2.45, 2.75) is 19.3 Å². The summed E-state index contributed by atoms with van der Waals surface area (Å²) in [5.74, 6) is 0.300. The number of rotatable bonds is 4. The molecule has 3 aromatic rings. The standard InChI is InChI=1S/C17H18N2S/c1-12-6-2-3-7-13(12)10-14(11-18)17-19-15-8-4-5-9-16(15)20-17/h2-9,14H,10-11,18H2,1H3. The number of nitrogens with zero attached hydrogens (tertiary/aromatic N) is 1. The van der Waals surface area contributed by atoms with Crippen molar-refractivity contribution in [1.82, 2.24) is 4.98 Å². The summed E-state index contributed by atoms with van der Waals surface area (Å²) in [6, 6.07) is 16.8. The Kier molecular flexibility index (Phi) is 3.81. The number of hydrogen-bond donors (Lipinski definition) is 1. The van der Waals surface area contributed by atoms with Gasteiger partial charge < -0.3 is 5.73 Å². The van der Waals surface area contributed by atoms with Crippen molar-refractivity contribution in [3.05, 3.63) is 64.7 Å². The third-order valence-electron chi connectivity index (χ3n) is 3.67. The Morgan fingerprint density at radius 1 is 1.10 bits per heavy atom. The molecule has 0 fully saturated rings. The van der Waals surface area contributed by atoms with Crippen LogP contribution in [0.1, 0.15) is 22.1 Å². The molecule has 0 spiro atoms. The van der Waals surface area contributed by atoms with E-state index in [-0.39, 0.29) is 0 Å². The lowest BCUT2D eigenvalue weighted by Gasteiger charge is -2.13. The number of hydrogen-bond acceptors (Lipinski definition) is 3. The number of para-hydroxylation sites is 1. The molecule has 0 bridgehead atoms. The minimum Gasteiger partial charge on any atom is -0.330 e. The summed E-state index contributed by atoms with van der Waals surface area (Å²) >= 11 is 1.76. The van der Waals surface area contributed by atoms with E-state index < -0.39 is 0 Å². The first-order valence-corrected chi connectivity index (χ1v) is 7.69. The van der Waals surface area contributed by atoms with E-state index in [0.29, 0.717) is 12.5 Å². The molecule has 0 amide bonds. The van der Waals surface area contributed by atoms with Crippen molar-refractivity contribution in [3.63, 3.8) is 0 Å². The second-order valence-electron chi connectivity index (χ2n) is 5.08. The molecular weight excluding hydrogens is 264 g/mol. The van der Waals surface area contributed by atoms with E-state index in [1.807, 2.05) is 6.07 Å². The molecule has 2 N–H and O–H groups in total. The van der Waals surface area contributed by atoms with Gasteiger partial charge in [-0.25, -0.2) is 4.98 Å². The molecule has 2 aromatic carbocycles. The van der Waals surface area contributed by atoms with Crippen LogP contribution in [0.4, 0.5) is 0 Å². The van der Waals surface area contributed by atoms with Crippen LogP contribution in [-0.4, -0.2) is 11.5 Å². The van der Waals surface area contributed by atoms with Gasteiger partial charge in [-0.3, -0.25) is 0 Å². The second kappa shape index (κ2) is 5.73. The molecule has 0 aliphatic heterocycles. The second-order valence-corrected chi connectivity index (χ2v) is 6.15. The van der Waals surface area contributed by atoms with Crippen molar-refractivity contribution in [2.75, 3.05) is 6.54 Å². The average molecular weight is 282 g/mol. The normalized spacial score (nSPS) is 12.7. The SMILES string of the molecule is Cc1ccccc1CC(CN)c1nc2ccccc2s1. The fourth-order valence-electron chi connectivity index (χ4n) is 2.44. The highest BCUT2D eigenvalue weighted by molar-refractivity contribution is 7.18. The molecule has 1 aromatic heterocycles. The van der Waals surface area contributed by atoms with Gasteiger partial charge in [0.1, 0.15) is 0 Å². The van der Waals surface area contributed by atoms with Crippen molar-refractivity contribution >= 4 is 21.6 Å². The van der Waals surface area contributed by atoms with Crippen molar-refractivity contribution in [3.8, 4) is 0 Å². The van der Waals surface area contributed by atoms with Crippen LogP contribution in [0.2, 0.25) is 0 Å². The van der Waals surface area contributed by atoms with Gasteiger partial charge in [-0.2, -0.15) is 0 Å². The Bertz CT molecular complexity index is 685. The van der Waals surface area contributed by atoms with Crippen LogP contribution in [0.5, 0.6) is 0 Å². The van der Waals surface area contributed by atoms with E-state index in [2.05, 4.69) is 49.4 Å². The Hall–Kier alpha value is -1.71. The number of nitrogens with two attached hydrogens (primary N) is 1. The first kappa shape index (κ1) is 13.3. The van der Waals surface area contributed by atoms with Gasteiger partial charge in [0.2, 0.25) is 0 Å². The van der Waals surface area contributed by atoms with E-state index >= 15 is 0 Å². The third-order valence-corrected chi connectivity index (χ3v) is 4.87. The van der Waals surface area contributed by atoms with Crippen LogP contribution in [0.25, 0.3) is 10.2 Å². The Balaban J connectivity index is 1.91. The topological polar surface area (TPSA) is 38.9 Å². The van der Waals surface area contributed by atoms with Crippen LogP contribution < -0.4 is 5.73 Å². The Morgan fingerprint density at radius 3 is 2.60 bits per heavy atom. The molecule has 1 heterocycles. The van der Waals surface area contributed by atoms with E-state index in [9.17, 15) is 0 Å². The molecule has 0 saturated carbocycles. The zero-order valence-electron chi connectivity index (χ0n) is 11.5. The first-order chi connectivity index (χ1) is 9.78. The molecule has 1 atom stereocenters. The molecule has 20 heavy (non-hydrogen) atoms. The average Bonchev–Trinajstić information content (AvgIpc) is 2.90. The fourth-order valence-corrected chi connectivity index (χ4v) is 3.52. The summed E-state index contributed by atoms with van der Waals surface area (Å²) in [5, 5.41) is 1.15. The summed E-state index contributed by atoms with van der Waals surface area (Å²) < 4.78 is 1.24. The van der Waals surface area contributed by atoms with Crippen LogP contribution in [0.15, 0.2) is 48.5 Å². The predicted molar refractivity (Wildman–Crippen MR) is 86.3 cm³/mol. The summed E-state index contributed by atoms with van der Waals surface area (Å²) in [7, 11) is 0. The summed E-state index contributed by atoms with van der Waals surface area (Å²) in [6.45, 7) is 2.79. The fraction of sp³-hybridized carbons (Fsp3) is 0.235. The third kappa shape index (κ3) is 2.60. The highest BCUT2D eigenvalue weighted by atomic mass is 32.1. The summed E-state index contributed by atoms with van der Waals surface area (Å²) in [5.41, 5.74) is 9.76. The monoisotopic (exact) mass is 282 g/mol. The lowest BCUT2D eigenvalue weighted by atomic mass is 9.96. The highest BCUT2D eigenvalue weighted by Gasteiger charge is 2.16. The van der Waals surface area contributed by atoms with Gasteiger partial charge in [-0.1, -0.05) is 36.4 Å². The zero-order valence-corrected chi connectivity index (χ0v) is 12.4. The van der Waals surface area contributed by atoms with Crippen molar-refractivity contribution in [2.24, 2.45) is 5.73 Å². The first-order valence-electron chi connectivity index (χ1n) is 6.88. The van der Waals surface area contributed by atoms with Gasteiger partial charge in [-0.05, 0) is 36.6 Å². The molecule has 3 heteroatoms. The van der Waals surface area contributed by atoms with Crippen LogP contribution in [0.3, 0.4) is 0 Å². The lowest BCUT2D eigenvalue weighted by Crippen LogP contribution is -2.15. The molecule has 0 aliphatic carbocycles.